The van der Waals surface area contributed by atoms with Crippen molar-refractivity contribution in [3.8, 4) is 17.1 Å². The molecule has 24 heavy (non-hydrogen) atoms. The molecule has 0 fully saturated rings. The van der Waals surface area contributed by atoms with Gasteiger partial charge in [-0.3, -0.25) is 0 Å². The van der Waals surface area contributed by atoms with Gasteiger partial charge in [0.1, 0.15) is 6.33 Å². The van der Waals surface area contributed by atoms with Crippen molar-refractivity contribution in [3.63, 3.8) is 0 Å². The second-order valence-corrected chi connectivity index (χ2v) is 5.29. The van der Waals surface area contributed by atoms with Gasteiger partial charge in [-0.2, -0.15) is 13.2 Å². The molecule has 0 bridgehead atoms. The monoisotopic (exact) mass is 332 g/mol. The van der Waals surface area contributed by atoms with Crippen LogP contribution < -0.4 is 5.73 Å². The van der Waals surface area contributed by atoms with Crippen molar-refractivity contribution in [1.29, 1.82) is 0 Å². The van der Waals surface area contributed by atoms with Crippen LogP contribution in [0.5, 0.6) is 0 Å². The van der Waals surface area contributed by atoms with Crippen LogP contribution in [0.3, 0.4) is 0 Å². The maximum absolute atomic E-state index is 12.6. The molecule has 2 aromatic carbocycles. The van der Waals surface area contributed by atoms with Gasteiger partial charge >= 0.3 is 6.18 Å². The molecule has 0 aliphatic rings. The highest BCUT2D eigenvalue weighted by atomic mass is 19.4. The van der Waals surface area contributed by atoms with E-state index in [1.165, 1.54) is 23.1 Å². The lowest BCUT2D eigenvalue weighted by molar-refractivity contribution is -0.137. The number of hydrogen-bond acceptors (Lipinski definition) is 3. The van der Waals surface area contributed by atoms with Crippen molar-refractivity contribution >= 4 is 0 Å². The molecule has 0 radical (unpaired) electrons. The van der Waals surface area contributed by atoms with Crippen LogP contribution in [0, 0.1) is 0 Å². The van der Waals surface area contributed by atoms with E-state index in [0.717, 1.165) is 29.7 Å². The molecule has 3 rings (SSSR count). The highest BCUT2D eigenvalue weighted by Crippen LogP contribution is 2.29. The third-order valence-electron chi connectivity index (χ3n) is 3.60. The molecular formula is C17H15F3N4. The van der Waals surface area contributed by atoms with Crippen molar-refractivity contribution < 1.29 is 13.2 Å². The Morgan fingerprint density at radius 3 is 2.21 bits per heavy atom. The number of nitrogens with two attached hydrogens (primary N) is 1. The van der Waals surface area contributed by atoms with Crippen molar-refractivity contribution in [2.24, 2.45) is 5.73 Å². The minimum absolute atomic E-state index is 0.509. The largest absolute Gasteiger partial charge is 0.416 e. The topological polar surface area (TPSA) is 56.7 Å². The number of aromatic nitrogens is 3. The summed E-state index contributed by atoms with van der Waals surface area (Å²) in [5.41, 5.74) is 7.30. The zero-order chi connectivity index (χ0) is 17.2. The van der Waals surface area contributed by atoms with Gasteiger partial charge in [0.2, 0.25) is 0 Å². The molecule has 4 nitrogen and oxygen atoms in total. The summed E-state index contributed by atoms with van der Waals surface area (Å²) < 4.78 is 39.2. The van der Waals surface area contributed by atoms with E-state index in [2.05, 4.69) is 10.1 Å². The van der Waals surface area contributed by atoms with Crippen LogP contribution >= 0.6 is 0 Å². The summed E-state index contributed by atoms with van der Waals surface area (Å²) >= 11 is 0. The van der Waals surface area contributed by atoms with E-state index in [4.69, 9.17) is 5.73 Å². The van der Waals surface area contributed by atoms with Gasteiger partial charge in [0, 0.05) is 5.56 Å². The van der Waals surface area contributed by atoms with E-state index in [-0.39, 0.29) is 0 Å². The number of benzene rings is 2. The van der Waals surface area contributed by atoms with E-state index in [0.29, 0.717) is 18.1 Å². The van der Waals surface area contributed by atoms with E-state index in [1.807, 2.05) is 24.3 Å². The summed E-state index contributed by atoms with van der Waals surface area (Å²) in [4.78, 5) is 4.21. The smallest absolute Gasteiger partial charge is 0.330 e. The number of nitrogens with zero attached hydrogens (tertiary/aromatic N) is 3. The molecule has 7 heteroatoms. The predicted octanol–water partition coefficient (Wildman–Crippen LogP) is 3.45. The molecule has 0 amide bonds. The lowest BCUT2D eigenvalue weighted by Crippen LogP contribution is -2.05. The minimum Gasteiger partial charge on any atom is -0.330 e. The van der Waals surface area contributed by atoms with E-state index < -0.39 is 11.7 Å². The molecule has 0 spiro atoms. The van der Waals surface area contributed by atoms with Crippen LogP contribution in [0.1, 0.15) is 11.1 Å². The molecular weight excluding hydrogens is 317 g/mol. The average molecular weight is 332 g/mol. The highest BCUT2D eigenvalue weighted by Gasteiger charge is 2.30. The van der Waals surface area contributed by atoms with Crippen LogP contribution in [-0.2, 0) is 12.6 Å². The van der Waals surface area contributed by atoms with Gasteiger partial charge in [-0.15, -0.1) is 5.10 Å². The van der Waals surface area contributed by atoms with Gasteiger partial charge < -0.3 is 5.73 Å². The quantitative estimate of drug-likeness (QED) is 0.796. The lowest BCUT2D eigenvalue weighted by Gasteiger charge is -2.07. The van der Waals surface area contributed by atoms with E-state index in [9.17, 15) is 13.2 Å². The summed E-state index contributed by atoms with van der Waals surface area (Å²) in [7, 11) is 0. The Kier molecular flexibility index (Phi) is 4.35. The Morgan fingerprint density at radius 2 is 1.62 bits per heavy atom. The SMILES string of the molecule is NCCc1ccc(-c2ncn(-c3ccc(C(F)(F)F)cc3)n2)cc1. The normalized spacial score (nSPS) is 11.7. The minimum atomic E-state index is -4.35. The molecule has 0 saturated heterocycles. The first kappa shape index (κ1) is 16.2. The summed E-state index contributed by atoms with van der Waals surface area (Å²) in [5, 5.41) is 4.32. The van der Waals surface area contributed by atoms with Crippen LogP contribution in [0.2, 0.25) is 0 Å². The summed E-state index contributed by atoms with van der Waals surface area (Å²) in [5.74, 6) is 0.509. The highest BCUT2D eigenvalue weighted by molar-refractivity contribution is 5.55. The number of alkyl halides is 3. The fourth-order valence-electron chi connectivity index (χ4n) is 2.31. The molecule has 3 aromatic rings. The zero-order valence-corrected chi connectivity index (χ0v) is 12.7. The third-order valence-corrected chi connectivity index (χ3v) is 3.60. The zero-order valence-electron chi connectivity index (χ0n) is 12.7. The standard InChI is InChI=1S/C17H15F3N4/c18-17(19,20)14-5-7-15(8-6-14)24-11-22-16(23-24)13-3-1-12(2-4-13)9-10-21/h1-8,11H,9-10,21H2. The Morgan fingerprint density at radius 1 is 0.958 bits per heavy atom. The second kappa shape index (κ2) is 6.45. The first-order chi connectivity index (χ1) is 11.5. The molecule has 0 atom stereocenters. The second-order valence-electron chi connectivity index (χ2n) is 5.29. The first-order valence-corrected chi connectivity index (χ1v) is 7.36. The molecule has 1 aromatic heterocycles. The van der Waals surface area contributed by atoms with E-state index in [1.54, 1.807) is 0 Å². The molecule has 124 valence electrons. The Balaban J connectivity index is 1.82. The van der Waals surface area contributed by atoms with Gasteiger partial charge in [-0.1, -0.05) is 24.3 Å². The fourth-order valence-corrected chi connectivity index (χ4v) is 2.31. The number of hydrogen-bond donors (Lipinski definition) is 1. The average Bonchev–Trinajstić information content (AvgIpc) is 3.05. The van der Waals surface area contributed by atoms with Crippen LogP contribution in [-0.4, -0.2) is 21.3 Å². The molecule has 0 aliphatic heterocycles. The molecule has 0 aliphatic carbocycles. The van der Waals surface area contributed by atoms with Crippen molar-refractivity contribution in [1.82, 2.24) is 14.8 Å². The molecule has 0 unspecified atom stereocenters. The van der Waals surface area contributed by atoms with Crippen LogP contribution in [0.15, 0.2) is 54.9 Å². The Hall–Kier alpha value is -2.67. The molecule has 0 saturated carbocycles. The number of rotatable bonds is 4. The van der Waals surface area contributed by atoms with E-state index >= 15 is 0 Å². The maximum Gasteiger partial charge on any atom is 0.416 e. The molecule has 1 heterocycles. The van der Waals surface area contributed by atoms with Gasteiger partial charge in [0.15, 0.2) is 5.82 Å². The summed E-state index contributed by atoms with van der Waals surface area (Å²) in [6, 6.07) is 12.5. The molecule has 2 N–H and O–H groups in total. The first-order valence-electron chi connectivity index (χ1n) is 7.36. The maximum atomic E-state index is 12.6. The van der Waals surface area contributed by atoms with Crippen molar-refractivity contribution in [2.45, 2.75) is 12.6 Å². The Bertz CT molecular complexity index is 805. The van der Waals surface area contributed by atoms with Gasteiger partial charge in [0.25, 0.3) is 0 Å². The third kappa shape index (κ3) is 3.46. The number of halogens is 3. The van der Waals surface area contributed by atoms with Crippen LogP contribution in [0.4, 0.5) is 13.2 Å². The fraction of sp³-hybridized carbons (Fsp3) is 0.176. The predicted molar refractivity (Wildman–Crippen MR) is 84.6 cm³/mol. The van der Waals surface area contributed by atoms with Gasteiger partial charge in [-0.05, 0) is 42.8 Å². The van der Waals surface area contributed by atoms with Gasteiger partial charge in [-0.25, -0.2) is 9.67 Å². The van der Waals surface area contributed by atoms with Crippen LogP contribution in [0.25, 0.3) is 17.1 Å². The van der Waals surface area contributed by atoms with Crippen molar-refractivity contribution in [2.75, 3.05) is 6.54 Å². The lowest BCUT2D eigenvalue weighted by atomic mass is 10.1. The summed E-state index contributed by atoms with van der Waals surface area (Å²) in [6.45, 7) is 0.583. The van der Waals surface area contributed by atoms with Gasteiger partial charge in [0.05, 0.1) is 11.3 Å². The Labute approximate surface area is 136 Å². The van der Waals surface area contributed by atoms with Crippen molar-refractivity contribution in [3.05, 3.63) is 66.0 Å². The summed E-state index contributed by atoms with van der Waals surface area (Å²) in [6.07, 6.45) is -2.07.